The fourth-order valence-electron chi connectivity index (χ4n) is 3.10. The summed E-state index contributed by atoms with van der Waals surface area (Å²) in [6, 6.07) is 11.8. The Morgan fingerprint density at radius 2 is 1.65 bits per heavy atom. The molecule has 0 atom stereocenters. The van der Waals surface area contributed by atoms with E-state index in [2.05, 4.69) is 53.5 Å². The molecule has 6 nitrogen and oxygen atoms in total. The van der Waals surface area contributed by atoms with Gasteiger partial charge in [0, 0.05) is 23.6 Å². The van der Waals surface area contributed by atoms with E-state index in [1.54, 1.807) is 6.20 Å². The highest BCUT2D eigenvalue weighted by Gasteiger charge is 2.13. The molecule has 0 bridgehead atoms. The number of hydrogen-bond donors (Lipinski definition) is 2. The Kier molecular flexibility index (Phi) is 4.08. The van der Waals surface area contributed by atoms with E-state index in [0.29, 0.717) is 5.95 Å². The molecule has 0 unspecified atom stereocenters. The van der Waals surface area contributed by atoms with Crippen LogP contribution in [0.1, 0.15) is 16.7 Å². The largest absolute Gasteiger partial charge is 0.454 e. The molecule has 1 aliphatic heterocycles. The predicted octanol–water partition coefficient (Wildman–Crippen LogP) is 4.62. The number of nitrogens with one attached hydrogen (secondary N) is 2. The van der Waals surface area contributed by atoms with Gasteiger partial charge in [-0.1, -0.05) is 17.7 Å². The highest BCUT2D eigenvalue weighted by molar-refractivity contribution is 5.66. The van der Waals surface area contributed by atoms with Crippen LogP contribution in [-0.2, 0) is 0 Å². The second-order valence-corrected chi connectivity index (χ2v) is 6.36. The molecule has 1 aliphatic rings. The van der Waals surface area contributed by atoms with E-state index in [1.807, 2.05) is 24.3 Å². The van der Waals surface area contributed by atoms with Gasteiger partial charge in [-0.15, -0.1) is 0 Å². The zero-order chi connectivity index (χ0) is 18.1. The van der Waals surface area contributed by atoms with Crippen LogP contribution < -0.4 is 20.1 Å². The van der Waals surface area contributed by atoms with E-state index in [9.17, 15) is 0 Å². The fraction of sp³-hybridized carbons (Fsp3) is 0.200. The van der Waals surface area contributed by atoms with Crippen molar-refractivity contribution in [1.29, 1.82) is 0 Å². The Balaban J connectivity index is 1.56. The summed E-state index contributed by atoms with van der Waals surface area (Å²) in [6.07, 6.45) is 1.73. The number of anilines is 4. The lowest BCUT2D eigenvalue weighted by Crippen LogP contribution is -2.02. The predicted molar refractivity (Wildman–Crippen MR) is 102 cm³/mol. The average molecular weight is 348 g/mol. The molecular formula is C20H20N4O2. The van der Waals surface area contributed by atoms with Gasteiger partial charge in [0.1, 0.15) is 5.82 Å². The molecule has 0 spiro atoms. The van der Waals surface area contributed by atoms with Crippen LogP contribution in [0.2, 0.25) is 0 Å². The lowest BCUT2D eigenvalue weighted by Gasteiger charge is -2.14. The van der Waals surface area contributed by atoms with Crippen LogP contribution in [0.25, 0.3) is 0 Å². The summed E-state index contributed by atoms with van der Waals surface area (Å²) in [5.41, 5.74) is 5.54. The SMILES string of the molecule is Cc1cc(C)c(Nc2ccnc(Nc3ccc4c(c3)OCO4)n2)c(C)c1. The van der Waals surface area contributed by atoms with Crippen molar-refractivity contribution in [2.75, 3.05) is 17.4 Å². The fourth-order valence-corrected chi connectivity index (χ4v) is 3.10. The molecule has 0 fully saturated rings. The Morgan fingerprint density at radius 3 is 2.46 bits per heavy atom. The highest BCUT2D eigenvalue weighted by Crippen LogP contribution is 2.35. The second-order valence-electron chi connectivity index (χ2n) is 6.36. The van der Waals surface area contributed by atoms with Crippen molar-refractivity contribution in [3.8, 4) is 11.5 Å². The summed E-state index contributed by atoms with van der Waals surface area (Å²) in [6.45, 7) is 6.54. The van der Waals surface area contributed by atoms with Crippen LogP contribution in [0.15, 0.2) is 42.6 Å². The first-order chi connectivity index (χ1) is 12.6. The standard InChI is InChI=1S/C20H20N4O2/c1-12-8-13(2)19(14(3)9-12)23-18-6-7-21-20(24-18)22-15-4-5-16-17(10-15)26-11-25-16/h4-10H,11H2,1-3H3,(H2,21,22,23,24). The second kappa shape index (κ2) is 6.55. The normalized spacial score (nSPS) is 12.1. The number of nitrogens with zero attached hydrogens (tertiary/aromatic N) is 2. The molecule has 1 aromatic heterocycles. The van der Waals surface area contributed by atoms with Gasteiger partial charge in [-0.2, -0.15) is 4.98 Å². The van der Waals surface area contributed by atoms with Gasteiger partial charge < -0.3 is 20.1 Å². The van der Waals surface area contributed by atoms with Crippen LogP contribution >= 0.6 is 0 Å². The van der Waals surface area contributed by atoms with Gasteiger partial charge in [-0.25, -0.2) is 4.98 Å². The van der Waals surface area contributed by atoms with Gasteiger partial charge in [0.15, 0.2) is 11.5 Å². The molecule has 0 aliphatic carbocycles. The summed E-state index contributed by atoms with van der Waals surface area (Å²) in [4.78, 5) is 8.85. The first-order valence-electron chi connectivity index (χ1n) is 8.43. The smallest absolute Gasteiger partial charge is 0.231 e. The van der Waals surface area contributed by atoms with Crippen molar-refractivity contribution in [3.05, 3.63) is 59.3 Å². The molecule has 26 heavy (non-hydrogen) atoms. The van der Waals surface area contributed by atoms with E-state index in [0.717, 1.165) is 28.7 Å². The number of ether oxygens (including phenoxy) is 2. The third kappa shape index (κ3) is 3.26. The third-order valence-corrected chi connectivity index (χ3v) is 4.21. The number of aromatic nitrogens is 2. The maximum Gasteiger partial charge on any atom is 0.231 e. The van der Waals surface area contributed by atoms with Gasteiger partial charge >= 0.3 is 0 Å². The summed E-state index contributed by atoms with van der Waals surface area (Å²) < 4.78 is 10.7. The van der Waals surface area contributed by atoms with E-state index in [1.165, 1.54) is 16.7 Å². The molecule has 2 N–H and O–H groups in total. The molecule has 3 aromatic rings. The van der Waals surface area contributed by atoms with Crippen LogP contribution in [0, 0.1) is 20.8 Å². The maximum atomic E-state index is 5.40. The number of aryl methyl sites for hydroxylation is 3. The van der Waals surface area contributed by atoms with E-state index in [4.69, 9.17) is 9.47 Å². The van der Waals surface area contributed by atoms with Crippen molar-refractivity contribution < 1.29 is 9.47 Å². The molecule has 4 rings (SSSR count). The molecule has 6 heteroatoms. The minimum absolute atomic E-state index is 0.254. The number of rotatable bonds is 4. The van der Waals surface area contributed by atoms with Gasteiger partial charge in [0.2, 0.25) is 12.7 Å². The van der Waals surface area contributed by atoms with E-state index >= 15 is 0 Å². The summed E-state index contributed by atoms with van der Waals surface area (Å²) in [7, 11) is 0. The molecule has 2 heterocycles. The topological polar surface area (TPSA) is 68.3 Å². The van der Waals surface area contributed by atoms with Gasteiger partial charge in [0.05, 0.1) is 0 Å². The number of fused-ring (bicyclic) bond motifs is 1. The number of benzene rings is 2. The molecule has 0 saturated carbocycles. The number of hydrogen-bond acceptors (Lipinski definition) is 6. The van der Waals surface area contributed by atoms with Gasteiger partial charge in [-0.3, -0.25) is 0 Å². The Morgan fingerprint density at radius 1 is 0.885 bits per heavy atom. The quantitative estimate of drug-likeness (QED) is 0.717. The van der Waals surface area contributed by atoms with Gasteiger partial charge in [-0.05, 0) is 50.1 Å². The van der Waals surface area contributed by atoms with Crippen molar-refractivity contribution in [1.82, 2.24) is 9.97 Å². The zero-order valence-corrected chi connectivity index (χ0v) is 15.0. The van der Waals surface area contributed by atoms with Crippen molar-refractivity contribution in [2.45, 2.75) is 20.8 Å². The molecule has 132 valence electrons. The Hall–Kier alpha value is -3.28. The molecular weight excluding hydrogens is 328 g/mol. The van der Waals surface area contributed by atoms with Crippen LogP contribution in [0.4, 0.5) is 23.1 Å². The monoisotopic (exact) mass is 348 g/mol. The summed E-state index contributed by atoms with van der Waals surface area (Å²) in [5, 5.41) is 6.60. The summed E-state index contributed by atoms with van der Waals surface area (Å²) in [5.74, 6) is 2.71. The third-order valence-electron chi connectivity index (χ3n) is 4.21. The first-order valence-corrected chi connectivity index (χ1v) is 8.43. The molecule has 0 radical (unpaired) electrons. The zero-order valence-electron chi connectivity index (χ0n) is 15.0. The highest BCUT2D eigenvalue weighted by atomic mass is 16.7. The van der Waals surface area contributed by atoms with E-state index in [-0.39, 0.29) is 6.79 Å². The Labute approximate surface area is 152 Å². The maximum absolute atomic E-state index is 5.40. The van der Waals surface area contributed by atoms with Gasteiger partial charge in [0.25, 0.3) is 0 Å². The molecule has 0 amide bonds. The lowest BCUT2D eigenvalue weighted by atomic mass is 10.1. The van der Waals surface area contributed by atoms with Crippen LogP contribution in [0.5, 0.6) is 11.5 Å². The first kappa shape index (κ1) is 16.2. The van der Waals surface area contributed by atoms with Crippen molar-refractivity contribution in [3.63, 3.8) is 0 Å². The van der Waals surface area contributed by atoms with E-state index < -0.39 is 0 Å². The molecule has 0 saturated heterocycles. The summed E-state index contributed by atoms with van der Waals surface area (Å²) >= 11 is 0. The average Bonchev–Trinajstić information content (AvgIpc) is 3.06. The lowest BCUT2D eigenvalue weighted by molar-refractivity contribution is 0.174. The van der Waals surface area contributed by atoms with Crippen molar-refractivity contribution >= 4 is 23.1 Å². The minimum Gasteiger partial charge on any atom is -0.454 e. The molecule has 2 aromatic carbocycles. The Bertz CT molecular complexity index is 949. The van der Waals surface area contributed by atoms with Crippen molar-refractivity contribution in [2.24, 2.45) is 0 Å². The van der Waals surface area contributed by atoms with Crippen LogP contribution in [-0.4, -0.2) is 16.8 Å². The van der Waals surface area contributed by atoms with Crippen LogP contribution in [0.3, 0.4) is 0 Å². The minimum atomic E-state index is 0.254.